The Morgan fingerprint density at radius 2 is 1.86 bits per heavy atom. The molecule has 2 rings (SSSR count). The minimum absolute atomic E-state index is 0.156. The Bertz CT molecular complexity index is 486. The molecule has 1 fully saturated rings. The summed E-state index contributed by atoms with van der Waals surface area (Å²) >= 11 is 0. The van der Waals surface area contributed by atoms with E-state index in [0.29, 0.717) is 6.42 Å². The number of benzene rings is 1. The SMILES string of the molecule is CN(C(=O)/C=C/c1ccccc1)[C@@H]1CCCC[C@@H](O)[C@@H]1O. The molecule has 21 heavy (non-hydrogen) atoms. The second kappa shape index (κ2) is 7.38. The van der Waals surface area contributed by atoms with Crippen molar-refractivity contribution in [2.45, 2.75) is 43.9 Å². The van der Waals surface area contributed by atoms with E-state index in [0.717, 1.165) is 24.8 Å². The van der Waals surface area contributed by atoms with Gasteiger partial charge in [0.2, 0.25) is 5.91 Å². The van der Waals surface area contributed by atoms with Gasteiger partial charge in [0.05, 0.1) is 12.1 Å². The molecular formula is C17H23NO3. The Hall–Kier alpha value is -1.65. The van der Waals surface area contributed by atoms with Crippen LogP contribution in [0.5, 0.6) is 0 Å². The molecule has 0 saturated heterocycles. The van der Waals surface area contributed by atoms with Crippen molar-refractivity contribution in [1.82, 2.24) is 4.90 Å². The molecule has 1 amide bonds. The molecule has 1 aromatic carbocycles. The monoisotopic (exact) mass is 289 g/mol. The van der Waals surface area contributed by atoms with Crippen LogP contribution in [0.4, 0.5) is 0 Å². The van der Waals surface area contributed by atoms with Gasteiger partial charge in [0.25, 0.3) is 0 Å². The molecule has 1 saturated carbocycles. The zero-order chi connectivity index (χ0) is 15.2. The third-order valence-corrected chi connectivity index (χ3v) is 4.10. The van der Waals surface area contributed by atoms with Crippen LogP contribution in [0.3, 0.4) is 0 Å². The van der Waals surface area contributed by atoms with Crippen LogP contribution in [-0.2, 0) is 4.79 Å². The summed E-state index contributed by atoms with van der Waals surface area (Å²) in [7, 11) is 1.68. The minimum Gasteiger partial charge on any atom is -0.390 e. The minimum atomic E-state index is -0.869. The fourth-order valence-corrected chi connectivity index (χ4v) is 2.74. The van der Waals surface area contributed by atoms with Gasteiger partial charge in [-0.2, -0.15) is 0 Å². The number of hydrogen-bond acceptors (Lipinski definition) is 3. The average molecular weight is 289 g/mol. The van der Waals surface area contributed by atoms with Gasteiger partial charge in [-0.1, -0.05) is 43.2 Å². The number of amides is 1. The summed E-state index contributed by atoms with van der Waals surface area (Å²) in [5.41, 5.74) is 0.959. The van der Waals surface area contributed by atoms with Crippen molar-refractivity contribution < 1.29 is 15.0 Å². The Balaban J connectivity index is 2.02. The van der Waals surface area contributed by atoms with Gasteiger partial charge in [-0.25, -0.2) is 0 Å². The van der Waals surface area contributed by atoms with Gasteiger partial charge in [0.15, 0.2) is 0 Å². The van der Waals surface area contributed by atoms with E-state index in [2.05, 4.69) is 0 Å². The van der Waals surface area contributed by atoms with Gasteiger partial charge >= 0.3 is 0 Å². The van der Waals surface area contributed by atoms with Gasteiger partial charge in [0, 0.05) is 13.1 Å². The summed E-state index contributed by atoms with van der Waals surface area (Å²) in [4.78, 5) is 13.8. The molecule has 0 spiro atoms. The number of rotatable bonds is 3. The maximum absolute atomic E-state index is 12.2. The Morgan fingerprint density at radius 3 is 2.57 bits per heavy atom. The van der Waals surface area contributed by atoms with Gasteiger partial charge in [0.1, 0.15) is 6.10 Å². The summed E-state index contributed by atoms with van der Waals surface area (Å²) < 4.78 is 0. The summed E-state index contributed by atoms with van der Waals surface area (Å²) in [5, 5.41) is 20.0. The highest BCUT2D eigenvalue weighted by atomic mass is 16.3. The highest BCUT2D eigenvalue weighted by Gasteiger charge is 2.32. The molecular weight excluding hydrogens is 266 g/mol. The Morgan fingerprint density at radius 1 is 1.19 bits per heavy atom. The van der Waals surface area contributed by atoms with Crippen molar-refractivity contribution in [2.75, 3.05) is 7.05 Å². The van der Waals surface area contributed by atoms with E-state index in [-0.39, 0.29) is 11.9 Å². The average Bonchev–Trinajstić information content (AvgIpc) is 2.67. The highest BCUT2D eigenvalue weighted by Crippen LogP contribution is 2.22. The van der Waals surface area contributed by atoms with Crippen LogP contribution >= 0.6 is 0 Å². The van der Waals surface area contributed by atoms with E-state index in [1.807, 2.05) is 30.3 Å². The number of carbonyl (C=O) groups is 1. The second-order valence-corrected chi connectivity index (χ2v) is 5.60. The first-order chi connectivity index (χ1) is 10.1. The van der Waals surface area contributed by atoms with Crippen LogP contribution in [-0.4, -0.2) is 46.3 Å². The smallest absolute Gasteiger partial charge is 0.246 e. The van der Waals surface area contributed by atoms with Crippen molar-refractivity contribution >= 4 is 12.0 Å². The van der Waals surface area contributed by atoms with Crippen LogP contribution in [0.15, 0.2) is 36.4 Å². The van der Waals surface area contributed by atoms with Crippen LogP contribution in [0.2, 0.25) is 0 Å². The standard InChI is InChI=1S/C17H23NO3/c1-18(14-9-5-6-10-15(19)17(14)21)16(20)12-11-13-7-3-2-4-8-13/h2-4,7-8,11-12,14-15,17,19,21H,5-6,9-10H2,1H3/b12-11+/t14-,15-,17-/m1/s1. The molecule has 1 aliphatic rings. The van der Waals surface area contributed by atoms with Crippen molar-refractivity contribution in [1.29, 1.82) is 0 Å². The zero-order valence-corrected chi connectivity index (χ0v) is 12.4. The lowest BCUT2D eigenvalue weighted by atomic mass is 10.0. The summed E-state index contributed by atoms with van der Waals surface area (Å²) in [6.45, 7) is 0. The number of aliphatic hydroxyl groups is 2. The molecule has 0 unspecified atom stereocenters. The lowest BCUT2D eigenvalue weighted by Crippen LogP contribution is -2.48. The molecule has 0 aromatic heterocycles. The second-order valence-electron chi connectivity index (χ2n) is 5.60. The predicted molar refractivity (Wildman–Crippen MR) is 82.5 cm³/mol. The van der Waals surface area contributed by atoms with Crippen LogP contribution in [0, 0.1) is 0 Å². The van der Waals surface area contributed by atoms with E-state index < -0.39 is 12.2 Å². The van der Waals surface area contributed by atoms with Crippen LogP contribution in [0.25, 0.3) is 6.08 Å². The highest BCUT2D eigenvalue weighted by molar-refractivity contribution is 5.91. The largest absolute Gasteiger partial charge is 0.390 e. The quantitative estimate of drug-likeness (QED) is 0.659. The molecule has 0 radical (unpaired) electrons. The lowest BCUT2D eigenvalue weighted by Gasteiger charge is -2.31. The summed E-state index contributed by atoms with van der Waals surface area (Å²) in [6, 6.07) is 9.28. The first-order valence-corrected chi connectivity index (χ1v) is 7.45. The lowest BCUT2D eigenvalue weighted by molar-refractivity contribution is -0.131. The van der Waals surface area contributed by atoms with Crippen LogP contribution in [0.1, 0.15) is 31.2 Å². The fraction of sp³-hybridized carbons (Fsp3) is 0.471. The van der Waals surface area contributed by atoms with Crippen molar-refractivity contribution in [3.63, 3.8) is 0 Å². The van der Waals surface area contributed by atoms with E-state index in [4.69, 9.17) is 0 Å². The fourth-order valence-electron chi connectivity index (χ4n) is 2.74. The summed E-state index contributed by atoms with van der Waals surface area (Å²) in [6.07, 6.45) is 4.78. The predicted octanol–water partition coefficient (Wildman–Crippen LogP) is 1.82. The van der Waals surface area contributed by atoms with E-state index in [9.17, 15) is 15.0 Å². The van der Waals surface area contributed by atoms with Gasteiger partial charge < -0.3 is 15.1 Å². The van der Waals surface area contributed by atoms with Crippen molar-refractivity contribution in [2.24, 2.45) is 0 Å². The maximum Gasteiger partial charge on any atom is 0.246 e. The van der Waals surface area contributed by atoms with Gasteiger partial charge in [-0.15, -0.1) is 0 Å². The maximum atomic E-state index is 12.2. The van der Waals surface area contributed by atoms with Gasteiger partial charge in [-0.3, -0.25) is 4.79 Å². The molecule has 1 aliphatic carbocycles. The molecule has 0 aliphatic heterocycles. The number of nitrogens with zero attached hydrogens (tertiary/aromatic N) is 1. The Kier molecular flexibility index (Phi) is 5.53. The normalized spacial score (nSPS) is 26.5. The molecule has 0 bridgehead atoms. The van der Waals surface area contributed by atoms with E-state index in [1.165, 1.54) is 6.08 Å². The summed E-state index contributed by atoms with van der Waals surface area (Å²) in [5.74, 6) is -0.156. The third-order valence-electron chi connectivity index (χ3n) is 4.10. The molecule has 1 aromatic rings. The number of hydrogen-bond donors (Lipinski definition) is 2. The molecule has 2 N–H and O–H groups in total. The van der Waals surface area contributed by atoms with Crippen LogP contribution < -0.4 is 0 Å². The zero-order valence-electron chi connectivity index (χ0n) is 12.4. The Labute approximate surface area is 125 Å². The third kappa shape index (κ3) is 4.16. The number of aliphatic hydroxyl groups excluding tert-OH is 2. The first-order valence-electron chi connectivity index (χ1n) is 7.45. The van der Waals surface area contributed by atoms with Crippen molar-refractivity contribution in [3.8, 4) is 0 Å². The molecule has 4 heteroatoms. The van der Waals surface area contributed by atoms with E-state index >= 15 is 0 Å². The first kappa shape index (κ1) is 15.7. The number of carbonyl (C=O) groups excluding carboxylic acids is 1. The van der Waals surface area contributed by atoms with Crippen molar-refractivity contribution in [3.05, 3.63) is 42.0 Å². The van der Waals surface area contributed by atoms with Gasteiger partial charge in [-0.05, 0) is 24.5 Å². The van der Waals surface area contributed by atoms with E-state index in [1.54, 1.807) is 18.0 Å². The molecule has 4 nitrogen and oxygen atoms in total. The molecule has 0 heterocycles. The topological polar surface area (TPSA) is 60.8 Å². The molecule has 114 valence electrons. The molecule has 3 atom stereocenters. The number of likely N-dealkylation sites (N-methyl/N-ethyl adjacent to an activating group) is 1.